The molecule has 2 unspecified atom stereocenters. The highest BCUT2D eigenvalue weighted by Gasteiger charge is 2.64. The number of nitrogens with zero attached hydrogens (tertiary/aromatic N) is 2. The minimum Gasteiger partial charge on any atom is -0.496 e. The van der Waals surface area contributed by atoms with Gasteiger partial charge in [-0.25, -0.2) is 13.1 Å². The number of nitrogens with one attached hydrogen (secondary N) is 1. The number of benzene rings is 2. The molecule has 4 aromatic rings. The number of ether oxygens (including phenoxy) is 3. The van der Waals surface area contributed by atoms with Gasteiger partial charge in [-0.05, 0) is 56.7 Å². The largest absolute Gasteiger partial charge is 0.496 e. The molecule has 1 aliphatic rings. The number of hydrogen-bond acceptors (Lipinski definition) is 8. The van der Waals surface area contributed by atoms with E-state index in [-0.39, 0.29) is 4.90 Å². The molecule has 1 N–H and O–H groups in total. The van der Waals surface area contributed by atoms with Gasteiger partial charge in [-0.15, -0.1) is 0 Å². The molecule has 1 amide bonds. The van der Waals surface area contributed by atoms with Crippen LogP contribution >= 0.6 is 0 Å². The molecule has 9 nitrogen and oxygen atoms in total. The molecule has 2 atom stereocenters. The van der Waals surface area contributed by atoms with Crippen LogP contribution in [-0.2, 0) is 20.2 Å². The standard InChI is InChI=1S/C29H29N3O6S/c1-17-9-13-24(36-3)21(15-17)29(16-22(29)19-12-14-26(37-4)31-27(19)38-5)28(33)32-39(34,35)25-8-6-7-23-20(25)11-10-18(2)30-23/h6-15,22H,16H2,1-5H3,(H,32,33). The first-order valence-corrected chi connectivity index (χ1v) is 13.8. The molecule has 0 bridgehead atoms. The first-order chi connectivity index (χ1) is 18.6. The lowest BCUT2D eigenvalue weighted by Crippen LogP contribution is -2.40. The summed E-state index contributed by atoms with van der Waals surface area (Å²) in [6.45, 7) is 3.74. The number of sulfonamides is 1. The first kappa shape index (κ1) is 26.4. The maximum atomic E-state index is 14.1. The van der Waals surface area contributed by atoms with Crippen LogP contribution in [0.15, 0.2) is 65.6 Å². The van der Waals surface area contributed by atoms with Crippen molar-refractivity contribution in [2.24, 2.45) is 0 Å². The van der Waals surface area contributed by atoms with Crippen molar-refractivity contribution in [3.63, 3.8) is 0 Å². The predicted octanol–water partition coefficient (Wildman–Crippen LogP) is 4.20. The summed E-state index contributed by atoms with van der Waals surface area (Å²) in [5, 5.41) is 0.430. The van der Waals surface area contributed by atoms with Gasteiger partial charge < -0.3 is 14.2 Å². The second-order valence-corrected chi connectivity index (χ2v) is 11.2. The van der Waals surface area contributed by atoms with Gasteiger partial charge in [0.1, 0.15) is 5.75 Å². The maximum Gasteiger partial charge on any atom is 0.264 e. The van der Waals surface area contributed by atoms with Crippen LogP contribution in [0.4, 0.5) is 0 Å². The second-order valence-electron chi connectivity index (χ2n) is 9.59. The zero-order chi connectivity index (χ0) is 27.9. The van der Waals surface area contributed by atoms with E-state index >= 15 is 0 Å². The number of carbonyl (C=O) groups excluding carboxylic acids is 1. The number of pyridine rings is 2. The van der Waals surface area contributed by atoms with Crippen LogP contribution in [0.1, 0.15) is 34.7 Å². The predicted molar refractivity (Wildman–Crippen MR) is 146 cm³/mol. The zero-order valence-electron chi connectivity index (χ0n) is 22.3. The number of amides is 1. The summed E-state index contributed by atoms with van der Waals surface area (Å²) in [4.78, 5) is 22.9. The minimum absolute atomic E-state index is 0.0203. The molecule has 1 saturated carbocycles. The van der Waals surface area contributed by atoms with Crippen LogP contribution in [0.3, 0.4) is 0 Å². The number of rotatable bonds is 8. The molecule has 0 radical (unpaired) electrons. The summed E-state index contributed by atoms with van der Waals surface area (Å²) >= 11 is 0. The van der Waals surface area contributed by atoms with Gasteiger partial charge in [0.2, 0.25) is 17.7 Å². The average molecular weight is 548 g/mol. The summed E-state index contributed by atoms with van der Waals surface area (Å²) < 4.78 is 46.1. The van der Waals surface area contributed by atoms with Crippen LogP contribution in [0.2, 0.25) is 0 Å². The lowest BCUT2D eigenvalue weighted by Gasteiger charge is -2.22. The lowest BCUT2D eigenvalue weighted by atomic mass is 9.88. The molecule has 1 fully saturated rings. The minimum atomic E-state index is -4.26. The van der Waals surface area contributed by atoms with Gasteiger partial charge in [-0.1, -0.05) is 23.8 Å². The Bertz CT molecular complexity index is 1710. The van der Waals surface area contributed by atoms with Gasteiger partial charge in [-0.2, -0.15) is 4.98 Å². The summed E-state index contributed by atoms with van der Waals surface area (Å²) in [5.74, 6) is 0.0710. The van der Waals surface area contributed by atoms with Gasteiger partial charge in [-0.3, -0.25) is 9.78 Å². The lowest BCUT2D eigenvalue weighted by molar-refractivity contribution is -0.122. The van der Waals surface area contributed by atoms with Gasteiger partial charge >= 0.3 is 0 Å². The van der Waals surface area contributed by atoms with Crippen molar-refractivity contribution in [1.29, 1.82) is 0 Å². The Hall–Kier alpha value is -4.18. The number of aryl methyl sites for hydroxylation is 2. The van der Waals surface area contributed by atoms with Crippen molar-refractivity contribution in [3.05, 3.63) is 83.0 Å². The van der Waals surface area contributed by atoms with E-state index in [0.29, 0.717) is 46.0 Å². The first-order valence-electron chi connectivity index (χ1n) is 12.3. The highest BCUT2D eigenvalue weighted by molar-refractivity contribution is 7.90. The van der Waals surface area contributed by atoms with E-state index in [0.717, 1.165) is 11.3 Å². The summed E-state index contributed by atoms with van der Waals surface area (Å²) in [7, 11) is 0.256. The van der Waals surface area contributed by atoms with Crippen molar-refractivity contribution < 1.29 is 27.4 Å². The fourth-order valence-corrected chi connectivity index (χ4v) is 6.44. The zero-order valence-corrected chi connectivity index (χ0v) is 23.1. The smallest absolute Gasteiger partial charge is 0.264 e. The molecule has 0 aliphatic heterocycles. The van der Waals surface area contributed by atoms with Crippen LogP contribution in [0.5, 0.6) is 17.5 Å². The molecule has 39 heavy (non-hydrogen) atoms. The Morgan fingerprint density at radius 3 is 2.46 bits per heavy atom. The van der Waals surface area contributed by atoms with E-state index in [2.05, 4.69) is 14.7 Å². The van der Waals surface area contributed by atoms with Gasteiger partial charge in [0.05, 0.1) is 37.2 Å². The number of methoxy groups -OCH3 is 3. The second kappa shape index (κ2) is 9.85. The monoisotopic (exact) mass is 547 g/mol. The molecule has 2 heterocycles. The van der Waals surface area contributed by atoms with E-state index in [9.17, 15) is 13.2 Å². The highest BCUT2D eigenvalue weighted by Crippen LogP contribution is 2.64. The van der Waals surface area contributed by atoms with Crippen LogP contribution in [-0.4, -0.2) is 45.6 Å². The summed E-state index contributed by atoms with van der Waals surface area (Å²) in [5.41, 5.74) is 2.21. The summed E-state index contributed by atoms with van der Waals surface area (Å²) in [6, 6.07) is 17.3. The quantitative estimate of drug-likeness (QED) is 0.349. The summed E-state index contributed by atoms with van der Waals surface area (Å²) in [6.07, 6.45) is 0.328. The van der Waals surface area contributed by atoms with Gasteiger partial charge in [0.15, 0.2) is 0 Å². The molecule has 2 aromatic heterocycles. The van der Waals surface area contributed by atoms with Crippen molar-refractivity contribution in [1.82, 2.24) is 14.7 Å². The molecule has 0 saturated heterocycles. The number of fused-ring (bicyclic) bond motifs is 1. The molecular weight excluding hydrogens is 518 g/mol. The topological polar surface area (TPSA) is 117 Å². The fourth-order valence-electron chi connectivity index (χ4n) is 5.19. The van der Waals surface area contributed by atoms with Crippen LogP contribution in [0.25, 0.3) is 10.9 Å². The van der Waals surface area contributed by atoms with Crippen molar-refractivity contribution in [2.45, 2.75) is 36.5 Å². The number of hydrogen-bond donors (Lipinski definition) is 1. The molecule has 202 valence electrons. The molecule has 2 aromatic carbocycles. The van der Waals surface area contributed by atoms with E-state index in [1.54, 1.807) is 42.5 Å². The molecule has 1 aliphatic carbocycles. The molecule has 5 rings (SSSR count). The molecular formula is C29H29N3O6S. The SMILES string of the molecule is COc1ccc(C2CC2(C(=O)NS(=O)(=O)c2cccc3nc(C)ccc23)c2cc(C)ccc2OC)c(OC)n1. The van der Waals surface area contributed by atoms with Crippen LogP contribution < -0.4 is 18.9 Å². The third kappa shape index (κ3) is 4.54. The highest BCUT2D eigenvalue weighted by atomic mass is 32.2. The van der Waals surface area contributed by atoms with E-state index in [1.807, 2.05) is 26.0 Å². The van der Waals surface area contributed by atoms with Gasteiger partial charge in [0, 0.05) is 34.2 Å². The Kier molecular flexibility index (Phi) is 6.67. The maximum absolute atomic E-state index is 14.1. The number of carbonyl (C=O) groups is 1. The van der Waals surface area contributed by atoms with Crippen molar-refractivity contribution >= 4 is 26.8 Å². The average Bonchev–Trinajstić information content (AvgIpc) is 3.68. The Labute approximate surface area is 227 Å². The van der Waals surface area contributed by atoms with E-state index in [4.69, 9.17) is 14.2 Å². The Morgan fingerprint density at radius 2 is 1.74 bits per heavy atom. The van der Waals surface area contributed by atoms with E-state index in [1.165, 1.54) is 27.4 Å². The number of aromatic nitrogens is 2. The fraction of sp³-hybridized carbons (Fsp3) is 0.276. The normalized spacial score (nSPS) is 18.4. The Balaban J connectivity index is 1.62. The Morgan fingerprint density at radius 1 is 0.949 bits per heavy atom. The molecule has 10 heteroatoms. The van der Waals surface area contributed by atoms with Crippen molar-refractivity contribution in [2.75, 3.05) is 21.3 Å². The molecule has 0 spiro atoms. The third-order valence-corrected chi connectivity index (χ3v) is 8.58. The van der Waals surface area contributed by atoms with Crippen LogP contribution in [0, 0.1) is 13.8 Å². The van der Waals surface area contributed by atoms with Gasteiger partial charge in [0.25, 0.3) is 10.0 Å². The third-order valence-electron chi connectivity index (χ3n) is 7.19. The van der Waals surface area contributed by atoms with Crippen molar-refractivity contribution in [3.8, 4) is 17.5 Å². The van der Waals surface area contributed by atoms with E-state index < -0.39 is 27.3 Å².